The van der Waals surface area contributed by atoms with Crippen LogP contribution in [-0.4, -0.2) is 69.9 Å². The number of benzene rings is 3. The average molecular weight is 612 g/mol. The molecule has 1 saturated heterocycles. The summed E-state index contributed by atoms with van der Waals surface area (Å²) >= 11 is 0. The fraction of sp³-hybridized carbons (Fsp3) is 0.405. The summed E-state index contributed by atoms with van der Waals surface area (Å²) in [5.74, 6) is 0.519. The summed E-state index contributed by atoms with van der Waals surface area (Å²) in [6, 6.07) is 22.5. The third-order valence-electron chi connectivity index (χ3n) is 8.39. The lowest BCUT2D eigenvalue weighted by molar-refractivity contribution is -0.119. The number of ether oxygens (including phenoxy) is 3. The van der Waals surface area contributed by atoms with Crippen molar-refractivity contribution in [2.75, 3.05) is 56.8 Å². The van der Waals surface area contributed by atoms with Gasteiger partial charge in [0.05, 0.1) is 12.3 Å². The third-order valence-corrected chi connectivity index (χ3v) is 8.39. The molecule has 0 radical (unpaired) electrons. The van der Waals surface area contributed by atoms with E-state index in [9.17, 15) is 9.59 Å². The second-order valence-electron chi connectivity index (χ2n) is 11.7. The molecule has 3 aromatic carbocycles. The Hall–Kier alpha value is -3.98. The number of amides is 2. The van der Waals surface area contributed by atoms with Crippen LogP contribution in [0.15, 0.2) is 72.3 Å². The molecule has 1 N–H and O–H groups in total. The van der Waals surface area contributed by atoms with E-state index in [1.807, 2.05) is 60.7 Å². The van der Waals surface area contributed by atoms with Gasteiger partial charge in [-0.25, -0.2) is 4.90 Å². The topological polar surface area (TPSA) is 80.3 Å². The van der Waals surface area contributed by atoms with Crippen LogP contribution in [0.3, 0.4) is 0 Å². The fourth-order valence-corrected chi connectivity index (χ4v) is 5.81. The summed E-state index contributed by atoms with van der Waals surface area (Å²) in [4.78, 5) is 29.4. The second kappa shape index (κ2) is 16.4. The van der Waals surface area contributed by atoms with Crippen LogP contribution in [0.5, 0.6) is 5.75 Å². The molecule has 45 heavy (non-hydrogen) atoms. The lowest BCUT2D eigenvalue weighted by atomic mass is 10.00. The molecule has 0 bridgehead atoms. The Kier molecular flexibility index (Phi) is 11.8. The van der Waals surface area contributed by atoms with Crippen LogP contribution in [0.1, 0.15) is 50.2 Å². The molecule has 0 atom stereocenters. The predicted octanol–water partition coefficient (Wildman–Crippen LogP) is 6.55. The molecule has 0 unspecified atom stereocenters. The first kappa shape index (κ1) is 32.4. The van der Waals surface area contributed by atoms with Crippen molar-refractivity contribution in [2.45, 2.75) is 51.6 Å². The van der Waals surface area contributed by atoms with E-state index in [0.29, 0.717) is 49.9 Å². The minimum atomic E-state index is -0.307. The average Bonchev–Trinajstić information content (AvgIpc) is 3.30. The number of fused-ring (bicyclic) bond motifs is 1. The normalized spacial score (nSPS) is 15.0. The Bertz CT molecular complexity index is 1430. The highest BCUT2D eigenvalue weighted by molar-refractivity contribution is 6.17. The number of hydrogen-bond donors (Lipinski definition) is 1. The number of anilines is 2. The molecule has 0 spiro atoms. The molecule has 8 nitrogen and oxygen atoms in total. The first-order valence-electron chi connectivity index (χ1n) is 16.1. The van der Waals surface area contributed by atoms with Crippen LogP contribution in [0, 0.1) is 0 Å². The number of nitrogens with one attached hydrogen (secondary N) is 1. The summed E-state index contributed by atoms with van der Waals surface area (Å²) in [6.45, 7) is 7.23. The van der Waals surface area contributed by atoms with E-state index in [0.717, 1.165) is 85.7 Å². The molecule has 5 rings (SSSR count). The summed E-state index contributed by atoms with van der Waals surface area (Å²) in [5.41, 5.74) is 6.26. The number of imide groups is 1. The number of carbonyl (C=O) groups excluding carboxylic acids is 2. The molecule has 8 heteroatoms. The van der Waals surface area contributed by atoms with Crippen LogP contribution >= 0.6 is 0 Å². The van der Waals surface area contributed by atoms with Gasteiger partial charge in [0, 0.05) is 63.2 Å². The zero-order valence-electron chi connectivity index (χ0n) is 26.5. The van der Waals surface area contributed by atoms with E-state index >= 15 is 0 Å². The Morgan fingerprint density at radius 1 is 0.978 bits per heavy atom. The second-order valence-corrected chi connectivity index (χ2v) is 11.7. The van der Waals surface area contributed by atoms with Crippen molar-refractivity contribution in [1.82, 2.24) is 4.90 Å². The monoisotopic (exact) mass is 611 g/mol. The highest BCUT2D eigenvalue weighted by atomic mass is 16.5. The number of nitrogens with zero attached hydrogens (tertiary/aromatic N) is 2. The van der Waals surface area contributed by atoms with Gasteiger partial charge >= 0.3 is 0 Å². The Balaban J connectivity index is 1.24. The molecule has 238 valence electrons. The molecule has 2 aliphatic rings. The SMILES string of the molecule is CCCOCCCOc1ccc(-c2ccc3c(c2)C=C(C(=O)N(C=O)c2ccc(CN(C)C4CCOCC4)cc2)CCN3)cc1. The van der Waals surface area contributed by atoms with Gasteiger partial charge in [-0.15, -0.1) is 0 Å². The molecule has 0 saturated carbocycles. The van der Waals surface area contributed by atoms with E-state index in [1.165, 1.54) is 4.90 Å². The van der Waals surface area contributed by atoms with Crippen molar-refractivity contribution >= 4 is 29.8 Å². The zero-order valence-corrected chi connectivity index (χ0v) is 26.5. The highest BCUT2D eigenvalue weighted by Gasteiger charge is 2.23. The van der Waals surface area contributed by atoms with Gasteiger partial charge in [-0.05, 0) is 97.5 Å². The van der Waals surface area contributed by atoms with Gasteiger partial charge in [-0.1, -0.05) is 37.3 Å². The lowest BCUT2D eigenvalue weighted by Gasteiger charge is -2.31. The number of hydrogen-bond acceptors (Lipinski definition) is 7. The molecule has 2 aliphatic heterocycles. The Morgan fingerprint density at radius 3 is 2.47 bits per heavy atom. The largest absolute Gasteiger partial charge is 0.494 e. The van der Waals surface area contributed by atoms with Crippen LogP contribution in [0.4, 0.5) is 11.4 Å². The van der Waals surface area contributed by atoms with Crippen LogP contribution in [0.25, 0.3) is 17.2 Å². The van der Waals surface area contributed by atoms with Crippen molar-refractivity contribution in [3.8, 4) is 16.9 Å². The van der Waals surface area contributed by atoms with Crippen molar-refractivity contribution in [2.24, 2.45) is 0 Å². The van der Waals surface area contributed by atoms with Gasteiger partial charge in [0.25, 0.3) is 5.91 Å². The molecule has 0 aliphatic carbocycles. The summed E-state index contributed by atoms with van der Waals surface area (Å²) < 4.78 is 16.9. The third kappa shape index (κ3) is 8.81. The number of rotatable bonds is 14. The summed E-state index contributed by atoms with van der Waals surface area (Å²) in [5, 5.41) is 3.43. The van der Waals surface area contributed by atoms with Gasteiger partial charge in [-0.3, -0.25) is 14.5 Å². The summed E-state index contributed by atoms with van der Waals surface area (Å²) in [7, 11) is 2.14. The lowest BCUT2D eigenvalue weighted by Crippen LogP contribution is -2.36. The fourth-order valence-electron chi connectivity index (χ4n) is 5.81. The van der Waals surface area contributed by atoms with Crippen molar-refractivity contribution in [1.29, 1.82) is 0 Å². The van der Waals surface area contributed by atoms with Crippen LogP contribution in [0.2, 0.25) is 0 Å². The maximum Gasteiger partial charge on any atom is 0.260 e. The van der Waals surface area contributed by atoms with Crippen molar-refractivity contribution < 1.29 is 23.8 Å². The molecule has 1 fully saturated rings. The molecular weight excluding hydrogens is 566 g/mol. The van der Waals surface area contributed by atoms with Crippen LogP contribution < -0.4 is 15.0 Å². The summed E-state index contributed by atoms with van der Waals surface area (Å²) in [6.07, 6.45) is 6.99. The smallest absolute Gasteiger partial charge is 0.260 e. The van der Waals surface area contributed by atoms with E-state index in [1.54, 1.807) is 0 Å². The number of carbonyl (C=O) groups is 2. The standard InChI is InChI=1S/C37H45N3O5/c1-3-19-43-20-4-21-45-35-12-7-29(8-13-35)30-9-14-36-32(24-30)25-31(15-18-38-36)37(42)40(27-41)34-10-5-28(6-11-34)26-39(2)33-16-22-44-23-17-33/h5-14,24-25,27,33,38H,3-4,15-23,26H2,1-2H3. The maximum atomic E-state index is 13.7. The quantitative estimate of drug-likeness (QED) is 0.164. The maximum absolute atomic E-state index is 13.7. The molecular formula is C37H45N3O5. The first-order chi connectivity index (χ1) is 22.1. The zero-order chi connectivity index (χ0) is 31.4. The van der Waals surface area contributed by atoms with E-state index in [4.69, 9.17) is 14.2 Å². The van der Waals surface area contributed by atoms with Gasteiger partial charge in [0.1, 0.15) is 5.75 Å². The predicted molar refractivity (Wildman–Crippen MR) is 179 cm³/mol. The minimum Gasteiger partial charge on any atom is -0.494 e. The van der Waals surface area contributed by atoms with Gasteiger partial charge < -0.3 is 19.5 Å². The molecule has 3 aromatic rings. The highest BCUT2D eigenvalue weighted by Crippen LogP contribution is 2.31. The minimum absolute atomic E-state index is 0.307. The van der Waals surface area contributed by atoms with E-state index in [-0.39, 0.29) is 5.91 Å². The van der Waals surface area contributed by atoms with E-state index in [2.05, 4.69) is 36.3 Å². The van der Waals surface area contributed by atoms with Gasteiger partial charge in [0.2, 0.25) is 6.41 Å². The first-order valence-corrected chi connectivity index (χ1v) is 16.1. The Labute approximate surface area is 267 Å². The van der Waals surface area contributed by atoms with Gasteiger partial charge in [0.15, 0.2) is 0 Å². The Morgan fingerprint density at radius 2 is 1.73 bits per heavy atom. The van der Waals surface area contributed by atoms with E-state index < -0.39 is 0 Å². The molecule has 2 heterocycles. The van der Waals surface area contributed by atoms with Crippen molar-refractivity contribution in [3.63, 3.8) is 0 Å². The van der Waals surface area contributed by atoms with Crippen LogP contribution in [-0.2, 0) is 25.6 Å². The van der Waals surface area contributed by atoms with Crippen molar-refractivity contribution in [3.05, 3.63) is 83.4 Å². The molecule has 2 amide bonds. The van der Waals surface area contributed by atoms with Gasteiger partial charge in [-0.2, -0.15) is 0 Å². The molecule has 0 aromatic heterocycles.